The molecule has 2 aromatic rings. The topological polar surface area (TPSA) is 69.7 Å². The molecule has 1 saturated heterocycles. The lowest BCUT2D eigenvalue weighted by atomic mass is 10.1. The molecule has 1 aliphatic heterocycles. The van der Waals surface area contributed by atoms with E-state index in [9.17, 15) is 14.4 Å². The maximum absolute atomic E-state index is 12.9. The largest absolute Gasteiger partial charge is 0.324 e. The Kier molecular flexibility index (Phi) is 5.84. The van der Waals surface area contributed by atoms with Crippen LogP contribution < -0.4 is 10.2 Å². The Hall–Kier alpha value is -2.99. The Morgan fingerprint density at radius 3 is 2.31 bits per heavy atom. The Bertz CT molecular complexity index is 960. The molecule has 6 nitrogen and oxygen atoms in total. The maximum Gasteiger partial charge on any atom is 0.251 e. The average Bonchev–Trinajstić information content (AvgIpc) is 2.93. The molecular formula is C23H27N3O3. The van der Waals surface area contributed by atoms with Gasteiger partial charge in [-0.15, -0.1) is 0 Å². The van der Waals surface area contributed by atoms with E-state index in [1.165, 1.54) is 4.90 Å². The molecule has 1 heterocycles. The number of carbonyl (C=O) groups excluding carboxylic acids is 3. The van der Waals surface area contributed by atoms with E-state index in [1.807, 2.05) is 52.0 Å². The van der Waals surface area contributed by atoms with Crippen molar-refractivity contribution in [2.24, 2.45) is 0 Å². The van der Waals surface area contributed by atoms with Crippen LogP contribution in [0.5, 0.6) is 0 Å². The molecule has 1 fully saturated rings. The van der Waals surface area contributed by atoms with Crippen LogP contribution in [-0.2, 0) is 14.4 Å². The summed E-state index contributed by atoms with van der Waals surface area (Å²) >= 11 is 0. The molecule has 0 aromatic heterocycles. The fraction of sp³-hybridized carbons (Fsp3) is 0.348. The predicted molar refractivity (Wildman–Crippen MR) is 114 cm³/mol. The molecule has 0 spiro atoms. The van der Waals surface area contributed by atoms with Crippen LogP contribution in [0.2, 0.25) is 0 Å². The minimum atomic E-state index is -0.645. The van der Waals surface area contributed by atoms with Gasteiger partial charge in [0.2, 0.25) is 11.8 Å². The van der Waals surface area contributed by atoms with Crippen LogP contribution in [0.4, 0.5) is 11.4 Å². The number of amides is 3. The highest BCUT2D eigenvalue weighted by molar-refractivity contribution is 6.22. The fourth-order valence-electron chi connectivity index (χ4n) is 3.92. The number of imide groups is 1. The minimum Gasteiger partial charge on any atom is -0.324 e. The second-order valence-corrected chi connectivity index (χ2v) is 7.81. The van der Waals surface area contributed by atoms with Gasteiger partial charge in [0, 0.05) is 5.69 Å². The lowest BCUT2D eigenvalue weighted by Gasteiger charge is -2.23. The van der Waals surface area contributed by atoms with E-state index >= 15 is 0 Å². The monoisotopic (exact) mass is 393 g/mol. The van der Waals surface area contributed by atoms with Gasteiger partial charge in [0.15, 0.2) is 0 Å². The highest BCUT2D eigenvalue weighted by Gasteiger charge is 2.42. The first-order valence-corrected chi connectivity index (χ1v) is 9.69. The van der Waals surface area contributed by atoms with Gasteiger partial charge < -0.3 is 5.32 Å². The molecule has 0 radical (unpaired) electrons. The molecule has 0 bridgehead atoms. The number of hydrogen-bond donors (Lipinski definition) is 1. The molecule has 0 aliphatic carbocycles. The van der Waals surface area contributed by atoms with E-state index in [2.05, 4.69) is 5.32 Å². The second-order valence-electron chi connectivity index (χ2n) is 7.81. The van der Waals surface area contributed by atoms with E-state index < -0.39 is 6.04 Å². The van der Waals surface area contributed by atoms with Crippen molar-refractivity contribution in [1.29, 1.82) is 0 Å². The molecule has 6 heteroatoms. The van der Waals surface area contributed by atoms with Crippen LogP contribution >= 0.6 is 0 Å². The Morgan fingerprint density at radius 2 is 1.69 bits per heavy atom. The van der Waals surface area contributed by atoms with Crippen molar-refractivity contribution < 1.29 is 14.4 Å². The maximum atomic E-state index is 12.9. The number of aryl methyl sites for hydroxylation is 4. The Morgan fingerprint density at radius 1 is 1.07 bits per heavy atom. The number of benzene rings is 2. The third-order valence-corrected chi connectivity index (χ3v) is 5.35. The lowest BCUT2D eigenvalue weighted by molar-refractivity contribution is -0.123. The zero-order valence-electron chi connectivity index (χ0n) is 17.6. The summed E-state index contributed by atoms with van der Waals surface area (Å²) < 4.78 is 0. The molecule has 1 aliphatic rings. The van der Waals surface area contributed by atoms with Crippen molar-refractivity contribution in [3.05, 3.63) is 58.7 Å². The van der Waals surface area contributed by atoms with Crippen molar-refractivity contribution in [3.63, 3.8) is 0 Å². The van der Waals surface area contributed by atoms with E-state index in [0.29, 0.717) is 5.69 Å². The van der Waals surface area contributed by atoms with Crippen LogP contribution in [0.1, 0.15) is 28.7 Å². The predicted octanol–water partition coefficient (Wildman–Crippen LogP) is 3.12. The van der Waals surface area contributed by atoms with Gasteiger partial charge in [-0.25, -0.2) is 4.90 Å². The third-order valence-electron chi connectivity index (χ3n) is 5.35. The van der Waals surface area contributed by atoms with Crippen LogP contribution in [0.15, 0.2) is 36.4 Å². The smallest absolute Gasteiger partial charge is 0.251 e. The summed E-state index contributed by atoms with van der Waals surface area (Å²) in [6.45, 7) is 7.82. The van der Waals surface area contributed by atoms with Crippen molar-refractivity contribution >= 4 is 29.1 Å². The van der Waals surface area contributed by atoms with Gasteiger partial charge in [-0.2, -0.15) is 0 Å². The van der Waals surface area contributed by atoms with Gasteiger partial charge in [0.1, 0.15) is 0 Å². The normalized spacial score (nSPS) is 16.6. The molecule has 0 unspecified atom stereocenters. The number of likely N-dealkylation sites (N-methyl/N-ethyl adjacent to an activating group) is 1. The molecular weight excluding hydrogens is 366 g/mol. The first-order valence-electron chi connectivity index (χ1n) is 9.69. The van der Waals surface area contributed by atoms with Crippen LogP contribution in [0.25, 0.3) is 0 Å². The summed E-state index contributed by atoms with van der Waals surface area (Å²) in [6, 6.07) is 10.7. The Labute approximate surface area is 171 Å². The standard InChI is InChI=1S/C23H27N3O3/c1-14-10-16(3)22(17(4)11-14)24-20(27)13-25(5)19-12-21(28)26(23(19)29)18-9-7-6-8-15(18)2/h6-11,19H,12-13H2,1-5H3,(H,24,27)/t19-/m1/s1. The number of nitrogens with zero attached hydrogens (tertiary/aromatic N) is 2. The first kappa shape index (κ1) is 20.7. The summed E-state index contributed by atoms with van der Waals surface area (Å²) in [6.07, 6.45) is 0.0690. The average molecular weight is 393 g/mol. The molecule has 1 atom stereocenters. The summed E-state index contributed by atoms with van der Waals surface area (Å²) in [5.41, 5.74) is 5.40. The zero-order chi connectivity index (χ0) is 21.3. The van der Waals surface area contributed by atoms with Crippen LogP contribution in [-0.4, -0.2) is 42.3 Å². The zero-order valence-corrected chi connectivity index (χ0v) is 17.6. The van der Waals surface area contributed by atoms with Crippen molar-refractivity contribution in [1.82, 2.24) is 4.90 Å². The molecule has 29 heavy (non-hydrogen) atoms. The molecule has 152 valence electrons. The van der Waals surface area contributed by atoms with E-state index in [4.69, 9.17) is 0 Å². The quantitative estimate of drug-likeness (QED) is 0.793. The molecule has 3 rings (SSSR count). The van der Waals surface area contributed by atoms with Gasteiger partial charge in [-0.3, -0.25) is 19.3 Å². The Balaban J connectivity index is 1.70. The number of hydrogen-bond acceptors (Lipinski definition) is 4. The number of rotatable bonds is 5. The van der Waals surface area contributed by atoms with E-state index in [-0.39, 0.29) is 30.7 Å². The van der Waals surface area contributed by atoms with Gasteiger partial charge >= 0.3 is 0 Å². The summed E-state index contributed by atoms with van der Waals surface area (Å²) in [5.74, 6) is -0.744. The highest BCUT2D eigenvalue weighted by Crippen LogP contribution is 2.28. The third kappa shape index (κ3) is 4.22. The number of carbonyl (C=O) groups is 3. The van der Waals surface area contributed by atoms with E-state index in [0.717, 1.165) is 27.9 Å². The summed E-state index contributed by atoms with van der Waals surface area (Å²) in [4.78, 5) is 40.9. The summed E-state index contributed by atoms with van der Waals surface area (Å²) in [5, 5.41) is 2.95. The molecule has 2 aromatic carbocycles. The van der Waals surface area contributed by atoms with Gasteiger partial charge in [-0.1, -0.05) is 35.9 Å². The first-order chi connectivity index (χ1) is 13.7. The minimum absolute atomic E-state index is 0.0258. The van der Waals surface area contributed by atoms with Crippen LogP contribution in [0.3, 0.4) is 0 Å². The number of para-hydroxylation sites is 1. The van der Waals surface area contributed by atoms with Gasteiger partial charge in [-0.05, 0) is 57.5 Å². The molecule has 0 saturated carbocycles. The van der Waals surface area contributed by atoms with Gasteiger partial charge in [0.25, 0.3) is 5.91 Å². The van der Waals surface area contributed by atoms with Gasteiger partial charge in [0.05, 0.1) is 24.7 Å². The SMILES string of the molecule is Cc1cc(C)c(NC(=O)CN(C)[C@@H]2CC(=O)N(c3ccccc3C)C2=O)c(C)c1. The lowest BCUT2D eigenvalue weighted by Crippen LogP contribution is -2.43. The molecule has 3 amide bonds. The van der Waals surface area contributed by atoms with Crippen molar-refractivity contribution in [3.8, 4) is 0 Å². The van der Waals surface area contributed by atoms with E-state index in [1.54, 1.807) is 24.1 Å². The second kappa shape index (κ2) is 8.17. The summed E-state index contributed by atoms with van der Waals surface area (Å²) in [7, 11) is 1.70. The fourth-order valence-corrected chi connectivity index (χ4v) is 3.92. The number of nitrogens with one attached hydrogen (secondary N) is 1. The van der Waals surface area contributed by atoms with Crippen molar-refractivity contribution in [2.75, 3.05) is 23.8 Å². The highest BCUT2D eigenvalue weighted by atomic mass is 16.2. The number of anilines is 2. The molecule has 1 N–H and O–H groups in total. The van der Waals surface area contributed by atoms with Crippen molar-refractivity contribution in [2.45, 2.75) is 40.2 Å². The van der Waals surface area contributed by atoms with Crippen LogP contribution in [0, 0.1) is 27.7 Å².